The maximum atomic E-state index is 12.2. The Kier molecular flexibility index (Phi) is 14.5. The van der Waals surface area contributed by atoms with Crippen LogP contribution in [0.1, 0.15) is 95.1 Å². The molecular formula is C32H42O4. The summed E-state index contributed by atoms with van der Waals surface area (Å²) in [6.07, 6.45) is 25.7. The highest BCUT2D eigenvalue weighted by Crippen LogP contribution is 2.24. The Bertz CT molecular complexity index is 970. The molecule has 0 unspecified atom stereocenters. The molecule has 0 aliphatic heterocycles. The summed E-state index contributed by atoms with van der Waals surface area (Å²) in [5, 5.41) is 19.4. The van der Waals surface area contributed by atoms with Crippen molar-refractivity contribution in [3.05, 3.63) is 77.9 Å². The van der Waals surface area contributed by atoms with Gasteiger partial charge in [-0.25, -0.2) is 0 Å². The average molecular weight is 491 g/mol. The van der Waals surface area contributed by atoms with Gasteiger partial charge in [0.1, 0.15) is 17.2 Å². The van der Waals surface area contributed by atoms with Gasteiger partial charge in [0.05, 0.1) is 0 Å². The summed E-state index contributed by atoms with van der Waals surface area (Å²) in [5.74, 6) is 0.318. The van der Waals surface area contributed by atoms with Crippen molar-refractivity contribution in [2.75, 3.05) is 0 Å². The lowest BCUT2D eigenvalue weighted by molar-refractivity contribution is -0.134. The zero-order valence-corrected chi connectivity index (χ0v) is 21.7. The van der Waals surface area contributed by atoms with E-state index < -0.39 is 0 Å². The largest absolute Gasteiger partial charge is 0.508 e. The minimum absolute atomic E-state index is 0.0442. The standard InChI is InChI=1S/C32H42O4/c1-2-3-4-5-6-7-8-9-10-11-12-13-14-15-16-17-32(35)36-31-25-28(24-30(34)26-31)19-18-27-20-22-29(33)23-21-27/h6-7,9-10,18-26,33-34H,2-5,8,11-17H2,1H3/b7-6-,10-9-,19-18+. The van der Waals surface area contributed by atoms with E-state index in [0.717, 1.165) is 43.2 Å². The highest BCUT2D eigenvalue weighted by atomic mass is 16.5. The second-order valence-electron chi connectivity index (χ2n) is 9.14. The quantitative estimate of drug-likeness (QED) is 0.0763. The van der Waals surface area contributed by atoms with E-state index in [1.165, 1.54) is 44.6 Å². The second-order valence-corrected chi connectivity index (χ2v) is 9.14. The third kappa shape index (κ3) is 13.6. The molecule has 0 saturated heterocycles. The number of esters is 1. The molecule has 2 aromatic rings. The van der Waals surface area contributed by atoms with Gasteiger partial charge in [-0.1, -0.05) is 87.6 Å². The van der Waals surface area contributed by atoms with Gasteiger partial charge in [0, 0.05) is 12.5 Å². The molecule has 4 nitrogen and oxygen atoms in total. The lowest BCUT2D eigenvalue weighted by atomic mass is 10.1. The molecule has 2 N–H and O–H groups in total. The van der Waals surface area contributed by atoms with Gasteiger partial charge >= 0.3 is 5.97 Å². The Morgan fingerprint density at radius 1 is 0.722 bits per heavy atom. The summed E-state index contributed by atoms with van der Waals surface area (Å²) in [7, 11) is 0. The number of carbonyl (C=O) groups is 1. The maximum Gasteiger partial charge on any atom is 0.311 e. The number of unbranched alkanes of at least 4 members (excludes halogenated alkanes) is 8. The molecule has 0 radical (unpaired) electrons. The van der Waals surface area contributed by atoms with Crippen molar-refractivity contribution in [2.45, 2.75) is 84.0 Å². The van der Waals surface area contributed by atoms with Crippen LogP contribution in [-0.4, -0.2) is 16.2 Å². The number of benzene rings is 2. The SMILES string of the molecule is CCCCC/C=C\C/C=C\CCCCCCCC(=O)Oc1cc(O)cc(/C=C/c2ccc(O)cc2)c1. The smallest absolute Gasteiger partial charge is 0.311 e. The molecule has 36 heavy (non-hydrogen) atoms. The molecule has 0 atom stereocenters. The van der Waals surface area contributed by atoms with Gasteiger partial charge in [0.2, 0.25) is 0 Å². The molecule has 2 rings (SSSR count). The first-order chi connectivity index (χ1) is 17.6. The van der Waals surface area contributed by atoms with Crippen LogP contribution < -0.4 is 4.74 Å². The van der Waals surface area contributed by atoms with Gasteiger partial charge in [-0.05, 0) is 73.9 Å². The lowest BCUT2D eigenvalue weighted by Gasteiger charge is -2.06. The van der Waals surface area contributed by atoms with Crippen LogP contribution in [0.15, 0.2) is 66.8 Å². The Morgan fingerprint density at radius 2 is 1.36 bits per heavy atom. The number of hydrogen-bond donors (Lipinski definition) is 2. The van der Waals surface area contributed by atoms with E-state index in [4.69, 9.17) is 4.74 Å². The van der Waals surface area contributed by atoms with Crippen LogP contribution in [0.3, 0.4) is 0 Å². The van der Waals surface area contributed by atoms with Gasteiger partial charge in [-0.3, -0.25) is 4.79 Å². The van der Waals surface area contributed by atoms with E-state index in [2.05, 4.69) is 31.2 Å². The predicted octanol–water partition coefficient (Wildman–Crippen LogP) is 8.99. The van der Waals surface area contributed by atoms with Crippen molar-refractivity contribution in [3.8, 4) is 17.2 Å². The van der Waals surface area contributed by atoms with E-state index in [-0.39, 0.29) is 17.5 Å². The number of ether oxygens (including phenoxy) is 1. The van der Waals surface area contributed by atoms with Crippen LogP contribution in [0.5, 0.6) is 17.2 Å². The topological polar surface area (TPSA) is 66.8 Å². The van der Waals surface area contributed by atoms with Crippen molar-refractivity contribution in [1.29, 1.82) is 0 Å². The number of carbonyl (C=O) groups excluding carboxylic acids is 1. The molecule has 0 aliphatic carbocycles. The third-order valence-corrected chi connectivity index (χ3v) is 5.84. The first-order valence-corrected chi connectivity index (χ1v) is 13.4. The molecular weight excluding hydrogens is 448 g/mol. The van der Waals surface area contributed by atoms with Gasteiger partial charge in [0.15, 0.2) is 0 Å². The van der Waals surface area contributed by atoms with Crippen molar-refractivity contribution in [2.24, 2.45) is 0 Å². The fourth-order valence-corrected chi connectivity index (χ4v) is 3.80. The summed E-state index contributed by atoms with van der Waals surface area (Å²) >= 11 is 0. The van der Waals surface area contributed by atoms with Gasteiger partial charge in [0.25, 0.3) is 0 Å². The summed E-state index contributed by atoms with van der Waals surface area (Å²) in [6, 6.07) is 11.6. The van der Waals surface area contributed by atoms with E-state index in [9.17, 15) is 15.0 Å². The van der Waals surface area contributed by atoms with Crippen molar-refractivity contribution < 1.29 is 19.7 Å². The van der Waals surface area contributed by atoms with Crippen LogP contribution in [0.25, 0.3) is 12.2 Å². The van der Waals surface area contributed by atoms with Crippen molar-refractivity contribution >= 4 is 18.1 Å². The number of phenols is 2. The van der Waals surface area contributed by atoms with Crippen molar-refractivity contribution in [3.63, 3.8) is 0 Å². The van der Waals surface area contributed by atoms with E-state index in [1.54, 1.807) is 36.4 Å². The molecule has 0 spiro atoms. The van der Waals surface area contributed by atoms with Crippen LogP contribution in [-0.2, 0) is 4.79 Å². The number of aromatic hydroxyl groups is 2. The number of allylic oxidation sites excluding steroid dienone is 4. The van der Waals surface area contributed by atoms with Crippen LogP contribution in [0.2, 0.25) is 0 Å². The second kappa shape index (κ2) is 18.1. The van der Waals surface area contributed by atoms with E-state index in [0.29, 0.717) is 12.2 Å². The highest BCUT2D eigenvalue weighted by Gasteiger charge is 2.07. The maximum absolute atomic E-state index is 12.2. The first kappa shape index (κ1) is 29.0. The van der Waals surface area contributed by atoms with E-state index in [1.807, 2.05) is 12.2 Å². The fourth-order valence-electron chi connectivity index (χ4n) is 3.80. The Balaban J connectivity index is 1.58. The summed E-state index contributed by atoms with van der Waals surface area (Å²) in [4.78, 5) is 12.2. The molecule has 0 bridgehead atoms. The average Bonchev–Trinajstić information content (AvgIpc) is 2.85. The number of hydrogen-bond acceptors (Lipinski definition) is 4. The minimum atomic E-state index is -0.278. The monoisotopic (exact) mass is 490 g/mol. The predicted molar refractivity (Wildman–Crippen MR) is 150 cm³/mol. The van der Waals surface area contributed by atoms with Gasteiger partial charge in [-0.2, -0.15) is 0 Å². The highest BCUT2D eigenvalue weighted by molar-refractivity contribution is 5.74. The minimum Gasteiger partial charge on any atom is -0.508 e. The third-order valence-electron chi connectivity index (χ3n) is 5.84. The molecule has 0 amide bonds. The van der Waals surface area contributed by atoms with Crippen LogP contribution >= 0.6 is 0 Å². The number of rotatable bonds is 17. The van der Waals surface area contributed by atoms with Gasteiger partial charge in [-0.15, -0.1) is 0 Å². The van der Waals surface area contributed by atoms with Crippen LogP contribution in [0, 0.1) is 0 Å². The summed E-state index contributed by atoms with van der Waals surface area (Å²) in [6.45, 7) is 2.23. The van der Waals surface area contributed by atoms with E-state index >= 15 is 0 Å². The molecule has 0 heterocycles. The molecule has 194 valence electrons. The summed E-state index contributed by atoms with van der Waals surface area (Å²) in [5.41, 5.74) is 1.64. The zero-order valence-electron chi connectivity index (χ0n) is 21.7. The molecule has 0 fully saturated rings. The zero-order chi connectivity index (χ0) is 25.8. The van der Waals surface area contributed by atoms with Gasteiger partial charge < -0.3 is 14.9 Å². The molecule has 0 aliphatic rings. The Labute approximate surface area is 217 Å². The lowest BCUT2D eigenvalue weighted by Crippen LogP contribution is -2.07. The molecule has 0 aromatic heterocycles. The Hall–Kier alpha value is -3.27. The molecule has 0 saturated carbocycles. The normalized spacial score (nSPS) is 11.7. The summed E-state index contributed by atoms with van der Waals surface area (Å²) < 4.78 is 5.44. The molecule has 2 aromatic carbocycles. The number of phenolic OH excluding ortho intramolecular Hbond substituents is 2. The Morgan fingerprint density at radius 3 is 2.08 bits per heavy atom. The first-order valence-electron chi connectivity index (χ1n) is 13.4. The van der Waals surface area contributed by atoms with Crippen molar-refractivity contribution in [1.82, 2.24) is 0 Å². The molecule has 4 heteroatoms. The fraction of sp³-hybridized carbons (Fsp3) is 0.406. The van der Waals surface area contributed by atoms with Crippen LogP contribution in [0.4, 0.5) is 0 Å².